The first-order chi connectivity index (χ1) is 13.7. The summed E-state index contributed by atoms with van der Waals surface area (Å²) in [5.41, 5.74) is 10.2. The van der Waals surface area contributed by atoms with Gasteiger partial charge in [0, 0.05) is 11.9 Å². The monoisotopic (exact) mass is 371 g/mol. The molecule has 0 aliphatic carbocycles. The molecule has 0 bridgehead atoms. The van der Waals surface area contributed by atoms with Gasteiger partial charge < -0.3 is 11.1 Å². The van der Waals surface area contributed by atoms with Gasteiger partial charge in [0.05, 0.1) is 18.1 Å². The average molecular weight is 371 g/mol. The molecule has 0 spiro atoms. The van der Waals surface area contributed by atoms with Crippen LogP contribution < -0.4 is 11.1 Å². The van der Waals surface area contributed by atoms with Crippen molar-refractivity contribution < 1.29 is 0 Å². The number of nitrogens with one attached hydrogen (secondary N) is 2. The maximum absolute atomic E-state index is 5.81. The molecule has 138 valence electrons. The molecule has 4 aromatic heterocycles. The Hall–Kier alpha value is -4.01. The van der Waals surface area contributed by atoms with Crippen molar-refractivity contribution in [1.29, 1.82) is 0 Å². The van der Waals surface area contributed by atoms with Gasteiger partial charge in [0.2, 0.25) is 5.95 Å². The van der Waals surface area contributed by atoms with Gasteiger partial charge in [-0.2, -0.15) is 15.1 Å². The summed E-state index contributed by atoms with van der Waals surface area (Å²) in [5.74, 6) is 1.59. The molecule has 5 aromatic rings. The number of rotatable bonds is 4. The fourth-order valence-electron chi connectivity index (χ4n) is 3.27. The molecule has 0 atom stereocenters. The van der Waals surface area contributed by atoms with Crippen molar-refractivity contribution in [1.82, 2.24) is 34.7 Å². The van der Waals surface area contributed by atoms with Crippen LogP contribution in [0.4, 0.5) is 11.8 Å². The zero-order chi connectivity index (χ0) is 19.1. The topological polar surface area (TPSA) is 123 Å². The number of H-pyrrole nitrogens is 1. The molecule has 1 aromatic carbocycles. The Kier molecular flexibility index (Phi) is 3.64. The van der Waals surface area contributed by atoms with Crippen LogP contribution in [0.2, 0.25) is 0 Å². The predicted octanol–water partition coefficient (Wildman–Crippen LogP) is 2.59. The van der Waals surface area contributed by atoms with Gasteiger partial charge in [-0.1, -0.05) is 12.1 Å². The molecule has 0 amide bonds. The lowest BCUT2D eigenvalue weighted by Gasteiger charge is -2.11. The summed E-state index contributed by atoms with van der Waals surface area (Å²) < 4.78 is 2.05. The van der Waals surface area contributed by atoms with E-state index in [1.54, 1.807) is 12.4 Å². The van der Waals surface area contributed by atoms with Gasteiger partial charge in [-0.05, 0) is 36.8 Å². The van der Waals surface area contributed by atoms with Crippen molar-refractivity contribution in [3.05, 3.63) is 60.2 Å². The van der Waals surface area contributed by atoms with E-state index in [1.807, 2.05) is 28.8 Å². The fourth-order valence-corrected chi connectivity index (χ4v) is 3.27. The molecular formula is C19H17N9. The van der Waals surface area contributed by atoms with Gasteiger partial charge in [0.15, 0.2) is 11.3 Å². The summed E-state index contributed by atoms with van der Waals surface area (Å²) in [6, 6.07) is 12.1. The van der Waals surface area contributed by atoms with E-state index in [1.165, 1.54) is 0 Å². The number of anilines is 2. The first kappa shape index (κ1) is 16.2. The standard InChI is InChI=1S/C19H17N9/c1-11-4-2-5-12(8-11)28-15(24-14-6-3-7-21-18(14)28)10-22-16-13-9-23-27-17(13)26-19(20)25-16/h2-9H,10H2,1H3,(H4,20,22,23,25,26,27). The Morgan fingerprint density at radius 2 is 2.07 bits per heavy atom. The number of imidazole rings is 1. The number of hydrogen-bond acceptors (Lipinski definition) is 7. The number of nitrogens with zero attached hydrogens (tertiary/aromatic N) is 6. The smallest absolute Gasteiger partial charge is 0.224 e. The Morgan fingerprint density at radius 3 is 2.96 bits per heavy atom. The first-order valence-corrected chi connectivity index (χ1v) is 8.79. The summed E-state index contributed by atoms with van der Waals surface area (Å²) in [6.07, 6.45) is 3.44. The van der Waals surface area contributed by atoms with E-state index < -0.39 is 0 Å². The number of hydrogen-bond donors (Lipinski definition) is 3. The third-order valence-electron chi connectivity index (χ3n) is 4.49. The zero-order valence-corrected chi connectivity index (χ0v) is 15.1. The lowest BCUT2D eigenvalue weighted by Crippen LogP contribution is -2.10. The van der Waals surface area contributed by atoms with Crippen LogP contribution in [0.1, 0.15) is 11.4 Å². The van der Waals surface area contributed by atoms with Gasteiger partial charge in [-0.15, -0.1) is 0 Å². The summed E-state index contributed by atoms with van der Waals surface area (Å²) in [6.45, 7) is 2.49. The molecule has 0 saturated carbocycles. The van der Waals surface area contributed by atoms with E-state index >= 15 is 0 Å². The minimum Gasteiger partial charge on any atom is -0.368 e. The van der Waals surface area contributed by atoms with Crippen LogP contribution in [0, 0.1) is 6.92 Å². The minimum atomic E-state index is 0.174. The number of nitrogen functional groups attached to an aromatic ring is 1. The lowest BCUT2D eigenvalue weighted by molar-refractivity contribution is 0.904. The number of aromatic nitrogens is 7. The Morgan fingerprint density at radius 1 is 1.14 bits per heavy atom. The number of aryl methyl sites for hydroxylation is 1. The van der Waals surface area contributed by atoms with E-state index in [-0.39, 0.29) is 5.95 Å². The van der Waals surface area contributed by atoms with E-state index in [2.05, 4.69) is 49.5 Å². The second-order valence-corrected chi connectivity index (χ2v) is 6.46. The summed E-state index contributed by atoms with van der Waals surface area (Å²) >= 11 is 0. The molecule has 5 rings (SSSR count). The molecule has 9 heteroatoms. The average Bonchev–Trinajstić information content (AvgIpc) is 3.30. The van der Waals surface area contributed by atoms with Gasteiger partial charge >= 0.3 is 0 Å². The molecule has 0 aliphatic heterocycles. The second kappa shape index (κ2) is 6.31. The second-order valence-electron chi connectivity index (χ2n) is 6.46. The zero-order valence-electron chi connectivity index (χ0n) is 15.1. The lowest BCUT2D eigenvalue weighted by atomic mass is 10.2. The third-order valence-corrected chi connectivity index (χ3v) is 4.49. The Bertz CT molecular complexity index is 1300. The Balaban J connectivity index is 1.59. The van der Waals surface area contributed by atoms with Crippen molar-refractivity contribution in [2.24, 2.45) is 0 Å². The van der Waals surface area contributed by atoms with Gasteiger partial charge in [0.1, 0.15) is 17.2 Å². The molecule has 4 N–H and O–H groups in total. The molecular weight excluding hydrogens is 354 g/mol. The van der Waals surface area contributed by atoms with E-state index in [9.17, 15) is 0 Å². The molecule has 0 unspecified atom stereocenters. The minimum absolute atomic E-state index is 0.174. The van der Waals surface area contributed by atoms with E-state index in [0.717, 1.165) is 33.6 Å². The first-order valence-electron chi connectivity index (χ1n) is 8.79. The van der Waals surface area contributed by atoms with Gasteiger partial charge in [0.25, 0.3) is 0 Å². The van der Waals surface area contributed by atoms with Crippen LogP contribution in [0.3, 0.4) is 0 Å². The van der Waals surface area contributed by atoms with E-state index in [0.29, 0.717) is 18.0 Å². The van der Waals surface area contributed by atoms with Crippen LogP contribution in [-0.4, -0.2) is 34.7 Å². The summed E-state index contributed by atoms with van der Waals surface area (Å²) in [7, 11) is 0. The molecule has 0 radical (unpaired) electrons. The molecule has 0 aliphatic rings. The van der Waals surface area contributed by atoms with Crippen LogP contribution in [0.15, 0.2) is 48.8 Å². The third kappa shape index (κ3) is 2.69. The van der Waals surface area contributed by atoms with Gasteiger partial charge in [-0.25, -0.2) is 9.97 Å². The molecule has 4 heterocycles. The maximum atomic E-state index is 5.81. The van der Waals surface area contributed by atoms with Crippen molar-refractivity contribution in [3.63, 3.8) is 0 Å². The number of fused-ring (bicyclic) bond motifs is 2. The highest BCUT2D eigenvalue weighted by Crippen LogP contribution is 2.23. The number of pyridine rings is 1. The Labute approximate surface area is 159 Å². The summed E-state index contributed by atoms with van der Waals surface area (Å²) in [4.78, 5) is 17.7. The van der Waals surface area contributed by atoms with Crippen LogP contribution in [0.5, 0.6) is 0 Å². The molecule has 9 nitrogen and oxygen atoms in total. The highest BCUT2D eigenvalue weighted by atomic mass is 15.2. The van der Waals surface area contributed by atoms with Crippen molar-refractivity contribution in [2.75, 3.05) is 11.1 Å². The number of benzene rings is 1. The van der Waals surface area contributed by atoms with Crippen LogP contribution in [-0.2, 0) is 6.54 Å². The maximum Gasteiger partial charge on any atom is 0.224 e. The van der Waals surface area contributed by atoms with E-state index in [4.69, 9.17) is 10.7 Å². The van der Waals surface area contributed by atoms with Crippen LogP contribution >= 0.6 is 0 Å². The highest BCUT2D eigenvalue weighted by Gasteiger charge is 2.15. The highest BCUT2D eigenvalue weighted by molar-refractivity contribution is 5.86. The summed E-state index contributed by atoms with van der Waals surface area (Å²) in [5, 5.41) is 10.9. The fraction of sp³-hybridized carbons (Fsp3) is 0.105. The molecule has 0 fully saturated rings. The van der Waals surface area contributed by atoms with Crippen molar-refractivity contribution in [2.45, 2.75) is 13.5 Å². The quantitative estimate of drug-likeness (QED) is 0.443. The number of aromatic amines is 1. The van der Waals surface area contributed by atoms with Crippen molar-refractivity contribution in [3.8, 4) is 5.69 Å². The van der Waals surface area contributed by atoms with Crippen LogP contribution in [0.25, 0.3) is 27.9 Å². The predicted molar refractivity (Wildman–Crippen MR) is 107 cm³/mol. The normalized spacial score (nSPS) is 11.3. The molecule has 0 saturated heterocycles. The van der Waals surface area contributed by atoms with Gasteiger partial charge in [-0.3, -0.25) is 9.67 Å². The number of nitrogens with two attached hydrogens (primary N) is 1. The SMILES string of the molecule is Cc1cccc(-n2c(CNc3nc(N)nc4[nH]ncc34)nc3cccnc32)c1. The molecule has 28 heavy (non-hydrogen) atoms. The van der Waals surface area contributed by atoms with Crippen molar-refractivity contribution >= 4 is 34.0 Å². The largest absolute Gasteiger partial charge is 0.368 e.